The second-order valence-corrected chi connectivity index (χ2v) is 4.45. The van der Waals surface area contributed by atoms with Gasteiger partial charge in [-0.3, -0.25) is 0 Å². The van der Waals surface area contributed by atoms with Crippen LogP contribution in [0.4, 0.5) is 0 Å². The lowest BCUT2D eigenvalue weighted by molar-refractivity contribution is 0.288. The fourth-order valence-corrected chi connectivity index (χ4v) is 2.30. The molecule has 84 valence electrons. The summed E-state index contributed by atoms with van der Waals surface area (Å²) in [5, 5.41) is 21.1. The van der Waals surface area contributed by atoms with Crippen molar-refractivity contribution in [1.29, 1.82) is 0 Å². The van der Waals surface area contributed by atoms with Crippen LogP contribution in [-0.4, -0.2) is 21.8 Å². The number of aromatic hydroxyl groups is 1. The Balaban J connectivity index is 2.18. The molecule has 0 saturated heterocycles. The van der Waals surface area contributed by atoms with Gasteiger partial charge < -0.3 is 10.2 Å². The first-order chi connectivity index (χ1) is 7.79. The molecule has 0 aliphatic rings. The summed E-state index contributed by atoms with van der Waals surface area (Å²) in [6, 6.07) is 7.06. The first-order valence-electron chi connectivity index (χ1n) is 5.14. The van der Waals surface area contributed by atoms with E-state index in [1.54, 1.807) is 29.5 Å². The van der Waals surface area contributed by atoms with Crippen molar-refractivity contribution in [3.05, 3.63) is 34.7 Å². The molecule has 0 aliphatic heterocycles. The van der Waals surface area contributed by atoms with Crippen molar-refractivity contribution in [3.63, 3.8) is 0 Å². The maximum atomic E-state index is 9.37. The molecule has 1 aromatic carbocycles. The standard InChI is InChI=1S/C12H13NO2S/c14-6-2-5-12-13-11(8-16-12)9-3-1-4-10(15)7-9/h1,3-4,7-8,14-15H,2,5-6H2. The number of thiazole rings is 1. The van der Waals surface area contributed by atoms with Crippen molar-refractivity contribution in [1.82, 2.24) is 4.98 Å². The third-order valence-electron chi connectivity index (χ3n) is 2.24. The Bertz CT molecular complexity index is 468. The Hall–Kier alpha value is -1.39. The third-order valence-corrected chi connectivity index (χ3v) is 3.15. The van der Waals surface area contributed by atoms with Crippen LogP contribution < -0.4 is 0 Å². The Morgan fingerprint density at radius 3 is 2.94 bits per heavy atom. The number of hydrogen-bond acceptors (Lipinski definition) is 4. The molecule has 1 heterocycles. The van der Waals surface area contributed by atoms with Crippen LogP contribution >= 0.6 is 11.3 Å². The van der Waals surface area contributed by atoms with Gasteiger partial charge in [-0.15, -0.1) is 11.3 Å². The Kier molecular flexibility index (Phi) is 3.54. The second-order valence-electron chi connectivity index (χ2n) is 3.50. The van der Waals surface area contributed by atoms with Gasteiger partial charge in [0.15, 0.2) is 0 Å². The number of aryl methyl sites for hydroxylation is 1. The van der Waals surface area contributed by atoms with Crippen LogP contribution in [0, 0.1) is 0 Å². The van der Waals surface area contributed by atoms with E-state index >= 15 is 0 Å². The lowest BCUT2D eigenvalue weighted by atomic mass is 10.2. The fourth-order valence-electron chi connectivity index (χ4n) is 1.45. The number of nitrogens with zero attached hydrogens (tertiary/aromatic N) is 1. The van der Waals surface area contributed by atoms with E-state index in [4.69, 9.17) is 5.11 Å². The van der Waals surface area contributed by atoms with Gasteiger partial charge >= 0.3 is 0 Å². The molecular weight excluding hydrogens is 222 g/mol. The molecular formula is C12H13NO2S. The fraction of sp³-hybridized carbons (Fsp3) is 0.250. The van der Waals surface area contributed by atoms with Crippen LogP contribution in [-0.2, 0) is 6.42 Å². The van der Waals surface area contributed by atoms with Gasteiger partial charge in [-0.25, -0.2) is 4.98 Å². The molecule has 3 nitrogen and oxygen atoms in total. The predicted molar refractivity (Wildman–Crippen MR) is 64.6 cm³/mol. The predicted octanol–water partition coefficient (Wildman–Crippen LogP) is 2.44. The Labute approximate surface area is 98.0 Å². The molecule has 2 rings (SSSR count). The molecule has 0 aliphatic carbocycles. The summed E-state index contributed by atoms with van der Waals surface area (Å²) in [7, 11) is 0. The zero-order valence-corrected chi connectivity index (χ0v) is 9.57. The van der Waals surface area contributed by atoms with Crippen molar-refractivity contribution >= 4 is 11.3 Å². The summed E-state index contributed by atoms with van der Waals surface area (Å²) in [5.74, 6) is 0.252. The van der Waals surface area contributed by atoms with Crippen molar-refractivity contribution in [2.75, 3.05) is 6.61 Å². The van der Waals surface area contributed by atoms with Crippen LogP contribution in [0.25, 0.3) is 11.3 Å². The van der Waals surface area contributed by atoms with Gasteiger partial charge in [-0.1, -0.05) is 12.1 Å². The SMILES string of the molecule is OCCCc1nc(-c2cccc(O)c2)cs1. The molecule has 1 aromatic heterocycles. The van der Waals surface area contributed by atoms with Crippen molar-refractivity contribution < 1.29 is 10.2 Å². The van der Waals surface area contributed by atoms with Crippen molar-refractivity contribution in [2.24, 2.45) is 0 Å². The van der Waals surface area contributed by atoms with E-state index in [1.165, 1.54) is 0 Å². The number of aliphatic hydroxyl groups is 1. The van der Waals surface area contributed by atoms with E-state index in [0.717, 1.165) is 29.1 Å². The summed E-state index contributed by atoms with van der Waals surface area (Å²) in [5.41, 5.74) is 1.81. The molecule has 0 fully saturated rings. The normalized spacial score (nSPS) is 10.6. The monoisotopic (exact) mass is 235 g/mol. The number of benzene rings is 1. The molecule has 0 unspecified atom stereocenters. The van der Waals surface area contributed by atoms with Gasteiger partial charge in [-0.2, -0.15) is 0 Å². The maximum Gasteiger partial charge on any atom is 0.116 e. The molecule has 0 spiro atoms. The molecule has 2 aromatic rings. The first kappa shape index (κ1) is 11.1. The lowest BCUT2D eigenvalue weighted by Gasteiger charge is -1.97. The smallest absolute Gasteiger partial charge is 0.116 e. The van der Waals surface area contributed by atoms with Crippen LogP contribution in [0.3, 0.4) is 0 Å². The van der Waals surface area contributed by atoms with Crippen LogP contribution in [0.1, 0.15) is 11.4 Å². The minimum absolute atomic E-state index is 0.195. The van der Waals surface area contributed by atoms with E-state index in [1.807, 2.05) is 11.4 Å². The highest BCUT2D eigenvalue weighted by Gasteiger charge is 2.04. The molecule has 0 saturated carbocycles. The van der Waals surface area contributed by atoms with Gasteiger partial charge in [0, 0.05) is 24.0 Å². The topological polar surface area (TPSA) is 53.4 Å². The van der Waals surface area contributed by atoms with Crippen molar-refractivity contribution in [3.8, 4) is 17.0 Å². The van der Waals surface area contributed by atoms with Crippen molar-refractivity contribution in [2.45, 2.75) is 12.8 Å². The van der Waals surface area contributed by atoms with Gasteiger partial charge in [0.05, 0.1) is 10.7 Å². The van der Waals surface area contributed by atoms with Crippen LogP contribution in [0.15, 0.2) is 29.6 Å². The van der Waals surface area contributed by atoms with Gasteiger partial charge in [0.1, 0.15) is 5.75 Å². The van der Waals surface area contributed by atoms with Crippen LogP contribution in [0.2, 0.25) is 0 Å². The van der Waals surface area contributed by atoms with Gasteiger partial charge in [0.2, 0.25) is 0 Å². The summed E-state index contributed by atoms with van der Waals surface area (Å²) < 4.78 is 0. The van der Waals surface area contributed by atoms with E-state index in [-0.39, 0.29) is 12.4 Å². The number of aliphatic hydroxyl groups excluding tert-OH is 1. The number of phenols is 1. The van der Waals surface area contributed by atoms with Crippen LogP contribution in [0.5, 0.6) is 5.75 Å². The Morgan fingerprint density at radius 1 is 1.31 bits per heavy atom. The molecule has 0 amide bonds. The molecule has 0 radical (unpaired) electrons. The third kappa shape index (κ3) is 2.59. The Morgan fingerprint density at radius 2 is 2.19 bits per heavy atom. The zero-order valence-electron chi connectivity index (χ0n) is 8.76. The summed E-state index contributed by atoms with van der Waals surface area (Å²) >= 11 is 1.59. The number of phenolic OH excluding ortho intramolecular Hbond substituents is 1. The largest absolute Gasteiger partial charge is 0.508 e. The second kappa shape index (κ2) is 5.09. The maximum absolute atomic E-state index is 9.37. The minimum atomic E-state index is 0.195. The zero-order chi connectivity index (χ0) is 11.4. The highest BCUT2D eigenvalue weighted by molar-refractivity contribution is 7.09. The number of aromatic nitrogens is 1. The highest BCUT2D eigenvalue weighted by Crippen LogP contribution is 2.25. The van der Waals surface area contributed by atoms with E-state index in [9.17, 15) is 5.11 Å². The summed E-state index contributed by atoms with van der Waals surface area (Å²) in [6.07, 6.45) is 1.55. The number of rotatable bonds is 4. The van der Waals surface area contributed by atoms with E-state index < -0.39 is 0 Å². The molecule has 16 heavy (non-hydrogen) atoms. The lowest BCUT2D eigenvalue weighted by Crippen LogP contribution is -1.88. The van der Waals surface area contributed by atoms with E-state index in [2.05, 4.69) is 4.98 Å². The number of hydrogen-bond donors (Lipinski definition) is 2. The van der Waals surface area contributed by atoms with E-state index in [0.29, 0.717) is 0 Å². The average Bonchev–Trinajstić information content (AvgIpc) is 2.75. The quantitative estimate of drug-likeness (QED) is 0.855. The molecule has 0 bridgehead atoms. The van der Waals surface area contributed by atoms with Gasteiger partial charge in [0.25, 0.3) is 0 Å². The summed E-state index contributed by atoms with van der Waals surface area (Å²) in [4.78, 5) is 4.46. The van der Waals surface area contributed by atoms with Gasteiger partial charge in [-0.05, 0) is 18.6 Å². The highest BCUT2D eigenvalue weighted by atomic mass is 32.1. The molecule has 4 heteroatoms. The first-order valence-corrected chi connectivity index (χ1v) is 6.02. The summed E-state index contributed by atoms with van der Waals surface area (Å²) in [6.45, 7) is 0.195. The molecule has 0 atom stereocenters. The molecule has 2 N–H and O–H groups in total. The minimum Gasteiger partial charge on any atom is -0.508 e. The average molecular weight is 235 g/mol.